The minimum atomic E-state index is -0.0615. The maximum Gasteiger partial charge on any atom is 0.221 e. The number of aromatic nitrogens is 2. The molecule has 0 bridgehead atoms. The largest absolute Gasteiger partial charge is 0.326 e. The van der Waals surface area contributed by atoms with Crippen LogP contribution in [0.5, 0.6) is 0 Å². The van der Waals surface area contributed by atoms with E-state index < -0.39 is 0 Å². The Labute approximate surface area is 118 Å². The summed E-state index contributed by atoms with van der Waals surface area (Å²) in [5.41, 5.74) is 3.00. The SMILES string of the molecule is CC(=O)Nc1cccc(C(C)NC(C)c2ccn[nH]2)c1. The summed E-state index contributed by atoms with van der Waals surface area (Å²) in [7, 11) is 0. The summed E-state index contributed by atoms with van der Waals surface area (Å²) in [6.45, 7) is 5.69. The van der Waals surface area contributed by atoms with Gasteiger partial charge in [0.2, 0.25) is 5.91 Å². The van der Waals surface area contributed by atoms with Gasteiger partial charge in [-0.1, -0.05) is 12.1 Å². The van der Waals surface area contributed by atoms with Gasteiger partial charge in [-0.25, -0.2) is 0 Å². The van der Waals surface area contributed by atoms with Gasteiger partial charge in [0.1, 0.15) is 0 Å². The van der Waals surface area contributed by atoms with E-state index in [1.54, 1.807) is 6.20 Å². The van der Waals surface area contributed by atoms with Crippen LogP contribution in [-0.2, 0) is 4.79 Å². The van der Waals surface area contributed by atoms with Crippen molar-refractivity contribution in [3.8, 4) is 0 Å². The van der Waals surface area contributed by atoms with Crippen molar-refractivity contribution in [1.82, 2.24) is 15.5 Å². The normalized spacial score (nSPS) is 13.8. The van der Waals surface area contributed by atoms with Crippen LogP contribution in [-0.4, -0.2) is 16.1 Å². The van der Waals surface area contributed by atoms with Crippen molar-refractivity contribution in [2.45, 2.75) is 32.9 Å². The molecule has 20 heavy (non-hydrogen) atoms. The second-order valence-electron chi connectivity index (χ2n) is 4.93. The molecule has 2 rings (SSSR count). The first-order valence-electron chi connectivity index (χ1n) is 6.69. The van der Waals surface area contributed by atoms with Gasteiger partial charge in [-0.15, -0.1) is 0 Å². The maximum atomic E-state index is 11.1. The number of aromatic amines is 1. The average molecular weight is 272 g/mol. The lowest BCUT2D eigenvalue weighted by atomic mass is 10.1. The van der Waals surface area contributed by atoms with Crippen LogP contribution in [0.4, 0.5) is 5.69 Å². The van der Waals surface area contributed by atoms with E-state index in [1.807, 2.05) is 30.3 Å². The zero-order valence-electron chi connectivity index (χ0n) is 12.0. The Morgan fingerprint density at radius 1 is 1.25 bits per heavy atom. The molecule has 0 radical (unpaired) electrons. The number of amides is 1. The monoisotopic (exact) mass is 272 g/mol. The Bertz CT molecular complexity index is 565. The minimum absolute atomic E-state index is 0.0615. The topological polar surface area (TPSA) is 69.8 Å². The van der Waals surface area contributed by atoms with Crippen molar-refractivity contribution in [2.24, 2.45) is 0 Å². The molecular weight excluding hydrogens is 252 g/mol. The zero-order valence-corrected chi connectivity index (χ0v) is 12.0. The fraction of sp³-hybridized carbons (Fsp3) is 0.333. The summed E-state index contributed by atoms with van der Waals surface area (Å²) in [6, 6.07) is 10.2. The number of carbonyl (C=O) groups excluding carboxylic acids is 1. The van der Waals surface area contributed by atoms with Gasteiger partial charge in [0, 0.05) is 30.9 Å². The molecule has 2 unspecified atom stereocenters. The highest BCUT2D eigenvalue weighted by Crippen LogP contribution is 2.20. The van der Waals surface area contributed by atoms with Gasteiger partial charge in [0.25, 0.3) is 0 Å². The van der Waals surface area contributed by atoms with Gasteiger partial charge in [0.15, 0.2) is 0 Å². The lowest BCUT2D eigenvalue weighted by Crippen LogP contribution is -2.23. The zero-order chi connectivity index (χ0) is 14.5. The molecule has 5 nitrogen and oxygen atoms in total. The van der Waals surface area contributed by atoms with Gasteiger partial charge < -0.3 is 10.6 Å². The van der Waals surface area contributed by atoms with Crippen LogP contribution in [0.15, 0.2) is 36.5 Å². The van der Waals surface area contributed by atoms with E-state index in [9.17, 15) is 4.79 Å². The molecule has 1 aromatic heterocycles. The summed E-state index contributed by atoms with van der Waals surface area (Å²) in [4.78, 5) is 11.1. The van der Waals surface area contributed by atoms with E-state index in [0.29, 0.717) is 0 Å². The fourth-order valence-corrected chi connectivity index (χ4v) is 2.16. The van der Waals surface area contributed by atoms with E-state index in [-0.39, 0.29) is 18.0 Å². The van der Waals surface area contributed by atoms with Gasteiger partial charge in [0.05, 0.1) is 5.69 Å². The molecule has 0 aliphatic rings. The highest BCUT2D eigenvalue weighted by Gasteiger charge is 2.12. The van der Waals surface area contributed by atoms with E-state index in [0.717, 1.165) is 16.9 Å². The van der Waals surface area contributed by atoms with Crippen molar-refractivity contribution >= 4 is 11.6 Å². The highest BCUT2D eigenvalue weighted by molar-refractivity contribution is 5.88. The molecule has 0 spiro atoms. The summed E-state index contributed by atoms with van der Waals surface area (Å²) < 4.78 is 0. The molecule has 0 fully saturated rings. The second-order valence-corrected chi connectivity index (χ2v) is 4.93. The number of anilines is 1. The first-order valence-corrected chi connectivity index (χ1v) is 6.69. The summed E-state index contributed by atoms with van der Waals surface area (Å²) >= 11 is 0. The van der Waals surface area contributed by atoms with Crippen LogP contribution in [0.2, 0.25) is 0 Å². The Morgan fingerprint density at radius 2 is 2.05 bits per heavy atom. The third kappa shape index (κ3) is 3.68. The summed E-state index contributed by atoms with van der Waals surface area (Å²) in [5.74, 6) is -0.0615. The molecule has 1 aromatic carbocycles. The molecule has 5 heteroatoms. The molecular formula is C15H20N4O. The number of H-pyrrole nitrogens is 1. The predicted molar refractivity (Wildman–Crippen MR) is 79.3 cm³/mol. The van der Waals surface area contributed by atoms with E-state index >= 15 is 0 Å². The molecule has 1 amide bonds. The third-order valence-electron chi connectivity index (χ3n) is 3.20. The molecule has 0 aliphatic carbocycles. The fourth-order valence-electron chi connectivity index (χ4n) is 2.16. The molecule has 0 saturated heterocycles. The molecule has 1 heterocycles. The van der Waals surface area contributed by atoms with E-state index in [4.69, 9.17) is 0 Å². The van der Waals surface area contributed by atoms with Crippen molar-refractivity contribution < 1.29 is 4.79 Å². The van der Waals surface area contributed by atoms with Crippen LogP contribution < -0.4 is 10.6 Å². The molecule has 3 N–H and O–H groups in total. The smallest absolute Gasteiger partial charge is 0.221 e. The highest BCUT2D eigenvalue weighted by atomic mass is 16.1. The Balaban J connectivity index is 2.05. The Hall–Kier alpha value is -2.14. The molecule has 2 aromatic rings. The Morgan fingerprint density at radius 3 is 2.70 bits per heavy atom. The van der Waals surface area contributed by atoms with Crippen molar-refractivity contribution in [3.63, 3.8) is 0 Å². The van der Waals surface area contributed by atoms with Crippen molar-refractivity contribution in [1.29, 1.82) is 0 Å². The second kappa shape index (κ2) is 6.34. The van der Waals surface area contributed by atoms with E-state index in [2.05, 4.69) is 34.7 Å². The number of hydrogen-bond donors (Lipinski definition) is 3. The van der Waals surface area contributed by atoms with Crippen molar-refractivity contribution in [2.75, 3.05) is 5.32 Å². The maximum absolute atomic E-state index is 11.1. The van der Waals surface area contributed by atoms with Crippen LogP contribution >= 0.6 is 0 Å². The summed E-state index contributed by atoms with van der Waals surface area (Å²) in [5, 5.41) is 13.2. The van der Waals surface area contributed by atoms with Gasteiger partial charge in [-0.05, 0) is 37.6 Å². The van der Waals surface area contributed by atoms with Crippen LogP contribution in [0.3, 0.4) is 0 Å². The number of rotatable bonds is 5. The molecule has 106 valence electrons. The van der Waals surface area contributed by atoms with Gasteiger partial charge in [-0.2, -0.15) is 5.10 Å². The summed E-state index contributed by atoms with van der Waals surface area (Å²) in [6.07, 6.45) is 1.75. The average Bonchev–Trinajstić information content (AvgIpc) is 2.92. The lowest BCUT2D eigenvalue weighted by Gasteiger charge is -2.20. The van der Waals surface area contributed by atoms with E-state index in [1.165, 1.54) is 6.92 Å². The van der Waals surface area contributed by atoms with Gasteiger partial charge >= 0.3 is 0 Å². The number of nitrogens with one attached hydrogen (secondary N) is 3. The van der Waals surface area contributed by atoms with Gasteiger partial charge in [-0.3, -0.25) is 9.89 Å². The lowest BCUT2D eigenvalue weighted by molar-refractivity contribution is -0.114. The molecule has 2 atom stereocenters. The standard InChI is InChI=1S/C15H20N4O/c1-10(17-11(2)15-7-8-16-19-15)13-5-4-6-14(9-13)18-12(3)20/h4-11,17H,1-3H3,(H,16,19)(H,18,20). The van der Waals surface area contributed by atoms with Crippen LogP contribution in [0.1, 0.15) is 44.1 Å². The molecule has 0 saturated carbocycles. The van der Waals surface area contributed by atoms with Crippen LogP contribution in [0, 0.1) is 0 Å². The first-order chi connectivity index (χ1) is 9.56. The van der Waals surface area contributed by atoms with Crippen molar-refractivity contribution in [3.05, 3.63) is 47.8 Å². The third-order valence-corrected chi connectivity index (χ3v) is 3.20. The predicted octanol–water partition coefficient (Wildman–Crippen LogP) is 2.78. The number of benzene rings is 1. The van der Waals surface area contributed by atoms with Crippen LogP contribution in [0.25, 0.3) is 0 Å². The number of carbonyl (C=O) groups is 1. The molecule has 0 aliphatic heterocycles. The number of nitrogens with zero attached hydrogens (tertiary/aromatic N) is 1. The first kappa shape index (κ1) is 14.3. The minimum Gasteiger partial charge on any atom is -0.326 e. The Kier molecular flexibility index (Phi) is 4.53. The number of hydrogen-bond acceptors (Lipinski definition) is 3. The quantitative estimate of drug-likeness (QED) is 0.784.